The lowest BCUT2D eigenvalue weighted by Gasteiger charge is -2.12. The van der Waals surface area contributed by atoms with Crippen molar-refractivity contribution in [1.82, 2.24) is 10.6 Å². The van der Waals surface area contributed by atoms with Gasteiger partial charge in [-0.05, 0) is 38.8 Å². The Labute approximate surface area is 153 Å². The van der Waals surface area contributed by atoms with Crippen LogP contribution in [0.3, 0.4) is 0 Å². The van der Waals surface area contributed by atoms with Gasteiger partial charge >= 0.3 is 0 Å². The predicted octanol–water partition coefficient (Wildman–Crippen LogP) is -2.04. The highest BCUT2D eigenvalue weighted by atomic mass is 16.2. The van der Waals surface area contributed by atoms with Crippen molar-refractivity contribution < 1.29 is 19.2 Å². The topological polar surface area (TPSA) is 196 Å². The van der Waals surface area contributed by atoms with Crippen molar-refractivity contribution in [3.05, 3.63) is 0 Å². The normalized spacial score (nSPS) is 12.9. The predicted molar refractivity (Wildman–Crippen MR) is 97.3 cm³/mol. The first-order valence-electron chi connectivity index (χ1n) is 8.90. The number of rotatable bonds is 13. The molecular weight excluding hydrogens is 340 g/mol. The minimum atomic E-state index is -0.799. The van der Waals surface area contributed by atoms with Crippen LogP contribution in [0.1, 0.15) is 51.4 Å². The largest absolute Gasteiger partial charge is 0.330 e. The zero-order chi connectivity index (χ0) is 19.9. The number of nitrogens with two attached hydrogens (primary N) is 4. The minimum Gasteiger partial charge on any atom is -0.330 e. The molecule has 0 aromatic heterocycles. The number of hydrogen-bond acceptors (Lipinski definition) is 8. The van der Waals surface area contributed by atoms with Gasteiger partial charge in [-0.2, -0.15) is 0 Å². The lowest BCUT2D eigenvalue weighted by Crippen LogP contribution is -2.45. The lowest BCUT2D eigenvalue weighted by molar-refractivity contribution is -0.135. The molecule has 0 radical (unpaired) electrons. The van der Waals surface area contributed by atoms with E-state index in [9.17, 15) is 19.2 Å². The molecule has 0 rings (SSSR count). The number of amides is 4. The molecule has 0 spiro atoms. The molecule has 26 heavy (non-hydrogen) atoms. The first-order chi connectivity index (χ1) is 12.3. The Morgan fingerprint density at radius 2 is 1.00 bits per heavy atom. The average Bonchev–Trinajstić information content (AvgIpc) is 2.60. The summed E-state index contributed by atoms with van der Waals surface area (Å²) in [5, 5.41) is 4.27. The van der Waals surface area contributed by atoms with Gasteiger partial charge in [0.05, 0.1) is 12.1 Å². The average molecular weight is 372 g/mol. The van der Waals surface area contributed by atoms with Crippen molar-refractivity contribution in [1.29, 1.82) is 0 Å². The number of carbonyl (C=O) groups is 4. The van der Waals surface area contributed by atoms with E-state index in [2.05, 4.69) is 10.6 Å². The molecule has 0 unspecified atom stereocenters. The van der Waals surface area contributed by atoms with Crippen LogP contribution in [0.25, 0.3) is 0 Å². The van der Waals surface area contributed by atoms with Crippen LogP contribution in [0.2, 0.25) is 0 Å². The van der Waals surface area contributed by atoms with Crippen LogP contribution < -0.4 is 33.6 Å². The Hall–Kier alpha value is -1.88. The molecule has 0 aliphatic heterocycles. The van der Waals surface area contributed by atoms with Crippen molar-refractivity contribution >= 4 is 23.6 Å². The van der Waals surface area contributed by atoms with Crippen LogP contribution in [0.15, 0.2) is 0 Å². The highest BCUT2D eigenvalue weighted by Gasteiger charge is 2.19. The van der Waals surface area contributed by atoms with Gasteiger partial charge in [0, 0.05) is 12.8 Å². The number of unbranched alkanes of at least 4 members (excludes halogenated alkanes) is 2. The maximum atomic E-state index is 11.7. The molecule has 0 aromatic carbocycles. The summed E-state index contributed by atoms with van der Waals surface area (Å²) >= 11 is 0. The Morgan fingerprint density at radius 3 is 1.31 bits per heavy atom. The van der Waals surface area contributed by atoms with Gasteiger partial charge < -0.3 is 22.9 Å². The fraction of sp³-hybridized carbons (Fsp3) is 0.750. The van der Waals surface area contributed by atoms with Crippen molar-refractivity contribution in [2.24, 2.45) is 22.9 Å². The summed E-state index contributed by atoms with van der Waals surface area (Å²) in [4.78, 5) is 46.8. The number of nitrogens with one attached hydrogen (secondary N) is 2. The van der Waals surface area contributed by atoms with Crippen LogP contribution in [-0.4, -0.2) is 48.8 Å². The first kappa shape index (κ1) is 24.1. The fourth-order valence-corrected chi connectivity index (χ4v) is 2.09. The molecule has 0 saturated heterocycles. The Balaban J connectivity index is 4.04. The summed E-state index contributed by atoms with van der Waals surface area (Å²) in [5.74, 6) is -2.44. The molecule has 0 fully saturated rings. The summed E-state index contributed by atoms with van der Waals surface area (Å²) in [5.41, 5.74) is 22.0. The zero-order valence-corrected chi connectivity index (χ0v) is 15.2. The van der Waals surface area contributed by atoms with E-state index < -0.39 is 35.7 Å². The van der Waals surface area contributed by atoms with Gasteiger partial charge in [-0.3, -0.25) is 29.8 Å². The maximum absolute atomic E-state index is 11.7. The number of carbonyl (C=O) groups excluding carboxylic acids is 4. The Kier molecular flexibility index (Phi) is 13.3. The van der Waals surface area contributed by atoms with E-state index in [4.69, 9.17) is 22.9 Å². The van der Waals surface area contributed by atoms with Crippen LogP contribution in [-0.2, 0) is 19.2 Å². The zero-order valence-electron chi connectivity index (χ0n) is 15.2. The van der Waals surface area contributed by atoms with Gasteiger partial charge in [0.2, 0.25) is 23.6 Å². The van der Waals surface area contributed by atoms with E-state index in [1.165, 1.54) is 0 Å². The summed E-state index contributed by atoms with van der Waals surface area (Å²) < 4.78 is 0. The van der Waals surface area contributed by atoms with Crippen molar-refractivity contribution in [3.8, 4) is 0 Å². The maximum Gasteiger partial charge on any atom is 0.243 e. The van der Waals surface area contributed by atoms with Gasteiger partial charge in [0.1, 0.15) is 0 Å². The third-order valence-electron chi connectivity index (χ3n) is 3.72. The molecule has 0 aliphatic carbocycles. The fourth-order valence-electron chi connectivity index (χ4n) is 2.09. The van der Waals surface area contributed by atoms with Gasteiger partial charge in [0.15, 0.2) is 0 Å². The number of imide groups is 2. The van der Waals surface area contributed by atoms with Crippen molar-refractivity contribution in [2.75, 3.05) is 13.1 Å². The SMILES string of the molecule is NCCCC[C@H](N)C(=O)NC(=O)CCC(=O)NC(=O)[C@@H](N)CCCCN. The van der Waals surface area contributed by atoms with E-state index in [0.29, 0.717) is 38.8 Å². The summed E-state index contributed by atoms with van der Waals surface area (Å²) in [6, 6.07) is -1.60. The minimum absolute atomic E-state index is 0.233. The molecule has 0 aromatic rings. The Bertz CT molecular complexity index is 430. The van der Waals surface area contributed by atoms with Crippen molar-refractivity contribution in [3.63, 3.8) is 0 Å². The summed E-state index contributed by atoms with van der Waals surface area (Å²) in [6.07, 6.45) is 3.26. The summed E-state index contributed by atoms with van der Waals surface area (Å²) in [6.45, 7) is 1.02. The quantitative estimate of drug-likeness (QED) is 0.199. The van der Waals surface area contributed by atoms with Gasteiger partial charge in [-0.15, -0.1) is 0 Å². The molecule has 0 aliphatic rings. The van der Waals surface area contributed by atoms with Crippen LogP contribution in [0.5, 0.6) is 0 Å². The highest BCUT2D eigenvalue weighted by molar-refractivity contribution is 6.01. The van der Waals surface area contributed by atoms with E-state index in [0.717, 1.165) is 12.8 Å². The lowest BCUT2D eigenvalue weighted by atomic mass is 10.1. The molecule has 4 amide bonds. The molecule has 0 saturated carbocycles. The molecule has 150 valence electrons. The van der Waals surface area contributed by atoms with Crippen molar-refractivity contribution in [2.45, 2.75) is 63.5 Å². The second-order valence-electron chi connectivity index (χ2n) is 6.11. The van der Waals surface area contributed by atoms with Crippen LogP contribution in [0.4, 0.5) is 0 Å². The van der Waals surface area contributed by atoms with E-state index in [-0.39, 0.29) is 12.8 Å². The van der Waals surface area contributed by atoms with Gasteiger partial charge in [0.25, 0.3) is 0 Å². The van der Waals surface area contributed by atoms with E-state index in [1.54, 1.807) is 0 Å². The molecule has 0 bridgehead atoms. The van der Waals surface area contributed by atoms with Crippen LogP contribution >= 0.6 is 0 Å². The monoisotopic (exact) mass is 372 g/mol. The van der Waals surface area contributed by atoms with Crippen LogP contribution in [0, 0.1) is 0 Å². The Morgan fingerprint density at radius 1 is 0.654 bits per heavy atom. The third kappa shape index (κ3) is 11.6. The smallest absolute Gasteiger partial charge is 0.243 e. The number of hydrogen-bond donors (Lipinski definition) is 6. The van der Waals surface area contributed by atoms with Gasteiger partial charge in [-0.1, -0.05) is 12.8 Å². The van der Waals surface area contributed by atoms with Gasteiger partial charge in [-0.25, -0.2) is 0 Å². The molecular formula is C16H32N6O4. The summed E-state index contributed by atoms with van der Waals surface area (Å²) in [7, 11) is 0. The first-order valence-corrected chi connectivity index (χ1v) is 8.90. The molecule has 10 heteroatoms. The molecule has 10 nitrogen and oxygen atoms in total. The highest BCUT2D eigenvalue weighted by Crippen LogP contribution is 2.00. The molecule has 0 heterocycles. The second kappa shape index (κ2) is 14.3. The second-order valence-corrected chi connectivity index (χ2v) is 6.11. The third-order valence-corrected chi connectivity index (χ3v) is 3.72. The standard InChI is InChI=1S/C16H32N6O4/c17-9-3-1-5-11(19)15(25)21-13(23)7-8-14(24)22-16(26)12(20)6-2-4-10-18/h11-12H,1-10,17-20H2,(H,21,23,25)(H,22,24,26)/t11-,12-/m0/s1. The molecule has 2 atom stereocenters. The van der Waals surface area contributed by atoms with E-state index in [1.807, 2.05) is 0 Å². The van der Waals surface area contributed by atoms with E-state index >= 15 is 0 Å². The molecule has 10 N–H and O–H groups in total.